The van der Waals surface area contributed by atoms with Crippen LogP contribution in [0.1, 0.15) is 58.8 Å². The first-order valence-electron chi connectivity index (χ1n) is 6.64. The lowest BCUT2D eigenvalue weighted by atomic mass is 9.98. The number of nitrogens with one attached hydrogen (secondary N) is 1. The molecule has 0 aliphatic heterocycles. The van der Waals surface area contributed by atoms with E-state index < -0.39 is 15.6 Å². The van der Waals surface area contributed by atoms with Crippen molar-refractivity contribution >= 4 is 10.0 Å². The highest BCUT2D eigenvalue weighted by Gasteiger charge is 2.30. The maximum atomic E-state index is 12.0. The zero-order valence-corrected chi connectivity index (χ0v) is 11.7. The van der Waals surface area contributed by atoms with E-state index in [-0.39, 0.29) is 11.8 Å². The molecule has 1 fully saturated rings. The summed E-state index contributed by atoms with van der Waals surface area (Å²) in [6.07, 6.45) is 5.78. The molecule has 1 aliphatic rings. The normalized spacial score (nSPS) is 19.5. The van der Waals surface area contributed by atoms with Crippen molar-refractivity contribution in [3.05, 3.63) is 0 Å². The van der Waals surface area contributed by atoms with Gasteiger partial charge >= 0.3 is 0 Å². The Labute approximate surface area is 105 Å². The lowest BCUT2D eigenvalue weighted by Crippen LogP contribution is -2.45. The fraction of sp³-hybridized carbons (Fsp3) is 1.00. The van der Waals surface area contributed by atoms with E-state index >= 15 is 0 Å². The molecule has 0 spiro atoms. The average molecular weight is 263 g/mol. The number of hydrogen-bond donors (Lipinski definition) is 2. The number of sulfonamides is 1. The van der Waals surface area contributed by atoms with Crippen LogP contribution in [0.2, 0.25) is 0 Å². The van der Waals surface area contributed by atoms with Gasteiger partial charge in [0.1, 0.15) is 0 Å². The van der Waals surface area contributed by atoms with Gasteiger partial charge in [-0.15, -0.1) is 0 Å². The molecule has 0 bridgehead atoms. The van der Waals surface area contributed by atoms with Crippen LogP contribution in [0, 0.1) is 0 Å². The van der Waals surface area contributed by atoms with Crippen LogP contribution in [0.15, 0.2) is 0 Å². The molecule has 102 valence electrons. The summed E-state index contributed by atoms with van der Waals surface area (Å²) < 4.78 is 26.7. The Balaban J connectivity index is 2.54. The Morgan fingerprint density at radius 3 is 2.18 bits per heavy atom. The Kier molecular flexibility index (Phi) is 5.41. The van der Waals surface area contributed by atoms with Crippen molar-refractivity contribution in [3.8, 4) is 0 Å². The molecule has 5 heteroatoms. The summed E-state index contributed by atoms with van der Waals surface area (Å²) in [5.74, 6) is 0. The topological polar surface area (TPSA) is 66.4 Å². The minimum atomic E-state index is -3.25. The van der Waals surface area contributed by atoms with E-state index in [1.807, 2.05) is 13.8 Å². The van der Waals surface area contributed by atoms with Crippen molar-refractivity contribution in [2.45, 2.75) is 69.6 Å². The first-order chi connectivity index (χ1) is 7.93. The van der Waals surface area contributed by atoms with Gasteiger partial charge in [-0.05, 0) is 25.7 Å². The highest BCUT2D eigenvalue weighted by atomic mass is 32.2. The summed E-state index contributed by atoms with van der Waals surface area (Å²) >= 11 is 0. The van der Waals surface area contributed by atoms with Crippen LogP contribution in [0.3, 0.4) is 0 Å². The van der Waals surface area contributed by atoms with Crippen molar-refractivity contribution in [2.24, 2.45) is 0 Å². The molecule has 0 aromatic carbocycles. The van der Waals surface area contributed by atoms with Gasteiger partial charge in [0, 0.05) is 6.54 Å². The zero-order valence-electron chi connectivity index (χ0n) is 10.9. The Morgan fingerprint density at radius 1 is 1.18 bits per heavy atom. The lowest BCUT2D eigenvalue weighted by Gasteiger charge is -2.28. The highest BCUT2D eigenvalue weighted by molar-refractivity contribution is 7.90. The molecule has 0 heterocycles. The molecule has 1 saturated carbocycles. The standard InChI is InChI=1S/C12H25NO3S/c1-3-12(14,4-2)10-13-17(15,16)11-8-6-5-7-9-11/h11,13-14H,3-10H2,1-2H3. The molecular formula is C12H25NO3S. The smallest absolute Gasteiger partial charge is 0.214 e. The second kappa shape index (κ2) is 6.16. The van der Waals surface area contributed by atoms with E-state index in [4.69, 9.17) is 0 Å². The predicted molar refractivity (Wildman–Crippen MR) is 69.3 cm³/mol. The second-order valence-electron chi connectivity index (χ2n) is 5.06. The molecular weight excluding hydrogens is 238 g/mol. The van der Waals surface area contributed by atoms with Gasteiger partial charge in [-0.1, -0.05) is 33.1 Å². The van der Waals surface area contributed by atoms with Crippen molar-refractivity contribution in [3.63, 3.8) is 0 Å². The third-order valence-corrected chi connectivity index (χ3v) is 5.81. The van der Waals surface area contributed by atoms with E-state index in [1.54, 1.807) is 0 Å². The van der Waals surface area contributed by atoms with E-state index in [0.717, 1.165) is 32.1 Å². The Bertz CT molecular complexity index is 317. The lowest BCUT2D eigenvalue weighted by molar-refractivity contribution is 0.0376. The minimum absolute atomic E-state index is 0.138. The van der Waals surface area contributed by atoms with Gasteiger partial charge in [0.2, 0.25) is 10.0 Å². The first kappa shape index (κ1) is 14.9. The van der Waals surface area contributed by atoms with E-state index in [0.29, 0.717) is 12.8 Å². The molecule has 1 aliphatic carbocycles. The second-order valence-corrected chi connectivity index (χ2v) is 7.10. The number of aliphatic hydroxyl groups is 1. The summed E-state index contributed by atoms with van der Waals surface area (Å²) in [5, 5.41) is 9.81. The van der Waals surface area contributed by atoms with Gasteiger partial charge in [0.05, 0.1) is 10.9 Å². The van der Waals surface area contributed by atoms with Crippen molar-refractivity contribution < 1.29 is 13.5 Å². The van der Waals surface area contributed by atoms with Gasteiger partial charge < -0.3 is 5.11 Å². The van der Waals surface area contributed by atoms with Gasteiger partial charge in [-0.3, -0.25) is 0 Å². The molecule has 17 heavy (non-hydrogen) atoms. The number of rotatable bonds is 6. The van der Waals surface area contributed by atoms with E-state index in [9.17, 15) is 13.5 Å². The molecule has 4 nitrogen and oxygen atoms in total. The fourth-order valence-corrected chi connectivity index (χ4v) is 3.89. The Hall–Kier alpha value is -0.130. The molecule has 0 aromatic heterocycles. The van der Waals surface area contributed by atoms with E-state index in [1.165, 1.54) is 0 Å². The summed E-state index contributed by atoms with van der Waals surface area (Å²) in [4.78, 5) is 0. The molecule has 0 unspecified atom stereocenters. The molecule has 1 rings (SSSR count). The third kappa shape index (κ3) is 4.23. The molecule has 0 radical (unpaired) electrons. The molecule has 0 saturated heterocycles. The van der Waals surface area contributed by atoms with Crippen LogP contribution in [0.5, 0.6) is 0 Å². The summed E-state index contributed by atoms with van der Waals surface area (Å²) in [7, 11) is -3.25. The van der Waals surface area contributed by atoms with E-state index in [2.05, 4.69) is 4.72 Å². The maximum Gasteiger partial charge on any atom is 0.214 e. The van der Waals surface area contributed by atoms with Gasteiger partial charge in [0.15, 0.2) is 0 Å². The van der Waals surface area contributed by atoms with Crippen LogP contribution in [0.4, 0.5) is 0 Å². The van der Waals surface area contributed by atoms with Gasteiger partial charge in [-0.2, -0.15) is 0 Å². The average Bonchev–Trinajstić information content (AvgIpc) is 2.37. The first-order valence-corrected chi connectivity index (χ1v) is 8.19. The predicted octanol–water partition coefficient (Wildman–Crippen LogP) is 1.79. The molecule has 0 atom stereocenters. The van der Waals surface area contributed by atoms with Gasteiger partial charge in [-0.25, -0.2) is 13.1 Å². The molecule has 0 amide bonds. The van der Waals surface area contributed by atoms with Crippen molar-refractivity contribution in [1.29, 1.82) is 0 Å². The van der Waals surface area contributed by atoms with Crippen molar-refractivity contribution in [1.82, 2.24) is 4.72 Å². The van der Waals surface area contributed by atoms with Crippen LogP contribution in [0.25, 0.3) is 0 Å². The van der Waals surface area contributed by atoms with Crippen LogP contribution >= 0.6 is 0 Å². The maximum absolute atomic E-state index is 12.0. The largest absolute Gasteiger partial charge is 0.389 e. The van der Waals surface area contributed by atoms with Crippen LogP contribution < -0.4 is 4.72 Å². The monoisotopic (exact) mass is 263 g/mol. The summed E-state index contributed by atoms with van der Waals surface area (Å²) in [5.41, 5.74) is -0.901. The highest BCUT2D eigenvalue weighted by Crippen LogP contribution is 2.23. The molecule has 2 N–H and O–H groups in total. The van der Waals surface area contributed by atoms with Crippen LogP contribution in [-0.2, 0) is 10.0 Å². The molecule has 0 aromatic rings. The van der Waals surface area contributed by atoms with Crippen molar-refractivity contribution in [2.75, 3.05) is 6.54 Å². The quantitative estimate of drug-likeness (QED) is 0.768. The zero-order chi connectivity index (χ0) is 12.9. The minimum Gasteiger partial charge on any atom is -0.389 e. The van der Waals surface area contributed by atoms with Crippen LogP contribution in [-0.4, -0.2) is 30.9 Å². The third-order valence-electron chi connectivity index (χ3n) is 3.91. The number of hydrogen-bond acceptors (Lipinski definition) is 3. The Morgan fingerprint density at radius 2 is 1.71 bits per heavy atom. The summed E-state index contributed by atoms with van der Waals surface area (Å²) in [6.45, 7) is 3.88. The fourth-order valence-electron chi connectivity index (χ4n) is 2.23. The summed E-state index contributed by atoms with van der Waals surface area (Å²) in [6, 6.07) is 0. The SMILES string of the molecule is CCC(O)(CC)CNS(=O)(=O)C1CCCCC1. The van der Waals surface area contributed by atoms with Gasteiger partial charge in [0.25, 0.3) is 0 Å².